The smallest absolute Gasteiger partial charge is 0.103 e. The van der Waals surface area contributed by atoms with Gasteiger partial charge in [0, 0.05) is 13.7 Å². The van der Waals surface area contributed by atoms with E-state index in [0.717, 1.165) is 6.54 Å². The van der Waals surface area contributed by atoms with E-state index in [-0.39, 0.29) is 0 Å². The van der Waals surface area contributed by atoms with Crippen LogP contribution in [-0.4, -0.2) is 37.7 Å². The molecule has 0 atom stereocenters. The van der Waals surface area contributed by atoms with Gasteiger partial charge in [-0.15, -0.1) is 0 Å². The summed E-state index contributed by atoms with van der Waals surface area (Å²) in [6, 6.07) is 2.22. The molecule has 0 bridgehead atoms. The van der Waals surface area contributed by atoms with Crippen LogP contribution in [-0.2, 0) is 4.74 Å². The van der Waals surface area contributed by atoms with Crippen LogP contribution < -0.4 is 0 Å². The minimum atomic E-state index is -0.390. The molecule has 3 nitrogen and oxygen atoms in total. The van der Waals surface area contributed by atoms with E-state index >= 15 is 0 Å². The summed E-state index contributed by atoms with van der Waals surface area (Å²) in [5.41, 5.74) is -0.390. The number of nitrogens with zero attached hydrogens (tertiary/aromatic N) is 2. The standard InChI is InChI=1S/C8H16N2O/c1-8(2,7-9)10(3)5-6-11-4/h5-6H2,1-4H3. The van der Waals surface area contributed by atoms with Gasteiger partial charge in [0.2, 0.25) is 0 Å². The summed E-state index contributed by atoms with van der Waals surface area (Å²) < 4.78 is 4.90. The van der Waals surface area contributed by atoms with E-state index in [1.807, 2.05) is 25.8 Å². The maximum atomic E-state index is 8.73. The Morgan fingerprint density at radius 1 is 1.55 bits per heavy atom. The van der Waals surface area contributed by atoms with Gasteiger partial charge in [-0.2, -0.15) is 5.26 Å². The van der Waals surface area contributed by atoms with Crippen molar-refractivity contribution >= 4 is 0 Å². The SMILES string of the molecule is COCCN(C)C(C)(C)C#N. The van der Waals surface area contributed by atoms with Crippen molar-refractivity contribution in [3.05, 3.63) is 0 Å². The zero-order chi connectivity index (χ0) is 8.91. The number of methoxy groups -OCH3 is 1. The zero-order valence-corrected chi connectivity index (χ0v) is 7.72. The summed E-state index contributed by atoms with van der Waals surface area (Å²) >= 11 is 0. The van der Waals surface area contributed by atoms with Gasteiger partial charge in [0.25, 0.3) is 0 Å². The fraction of sp³-hybridized carbons (Fsp3) is 0.875. The Kier molecular flexibility index (Phi) is 4.09. The summed E-state index contributed by atoms with van der Waals surface area (Å²) in [6.07, 6.45) is 0. The number of nitriles is 1. The highest BCUT2D eigenvalue weighted by Crippen LogP contribution is 2.08. The van der Waals surface area contributed by atoms with Crippen molar-refractivity contribution in [2.75, 3.05) is 27.3 Å². The predicted octanol–water partition coefficient (Wildman–Crippen LogP) is 0.867. The molecule has 0 fully saturated rings. The van der Waals surface area contributed by atoms with Crippen LogP contribution in [0.3, 0.4) is 0 Å². The van der Waals surface area contributed by atoms with E-state index in [0.29, 0.717) is 6.61 Å². The Morgan fingerprint density at radius 3 is 2.45 bits per heavy atom. The van der Waals surface area contributed by atoms with Gasteiger partial charge < -0.3 is 4.74 Å². The molecule has 0 aromatic rings. The maximum absolute atomic E-state index is 8.73. The minimum Gasteiger partial charge on any atom is -0.383 e. The molecule has 0 aliphatic carbocycles. The van der Waals surface area contributed by atoms with Gasteiger partial charge in [0.05, 0.1) is 12.7 Å². The van der Waals surface area contributed by atoms with Crippen LogP contribution in [0.25, 0.3) is 0 Å². The molecule has 0 saturated heterocycles. The average molecular weight is 156 g/mol. The van der Waals surface area contributed by atoms with Gasteiger partial charge in [0.15, 0.2) is 0 Å². The topological polar surface area (TPSA) is 36.3 Å². The molecule has 0 aliphatic rings. The lowest BCUT2D eigenvalue weighted by atomic mass is 10.1. The molecule has 3 heteroatoms. The third-order valence-corrected chi connectivity index (χ3v) is 1.86. The summed E-state index contributed by atoms with van der Waals surface area (Å²) in [6.45, 7) is 5.24. The first-order valence-electron chi connectivity index (χ1n) is 3.66. The van der Waals surface area contributed by atoms with Crippen LogP contribution in [0.1, 0.15) is 13.8 Å². The fourth-order valence-corrected chi connectivity index (χ4v) is 0.593. The lowest BCUT2D eigenvalue weighted by Crippen LogP contribution is -2.41. The molecule has 0 aliphatic heterocycles. The first-order chi connectivity index (χ1) is 5.04. The van der Waals surface area contributed by atoms with Gasteiger partial charge in [-0.05, 0) is 20.9 Å². The van der Waals surface area contributed by atoms with Gasteiger partial charge >= 0.3 is 0 Å². The summed E-state index contributed by atoms with van der Waals surface area (Å²) in [5.74, 6) is 0. The fourth-order valence-electron chi connectivity index (χ4n) is 0.593. The Morgan fingerprint density at radius 2 is 2.09 bits per heavy atom. The second kappa shape index (κ2) is 4.32. The average Bonchev–Trinajstić information content (AvgIpc) is 2.00. The molecule has 0 heterocycles. The second-order valence-corrected chi connectivity index (χ2v) is 3.09. The third-order valence-electron chi connectivity index (χ3n) is 1.86. The van der Waals surface area contributed by atoms with E-state index in [1.54, 1.807) is 7.11 Å². The zero-order valence-electron chi connectivity index (χ0n) is 7.72. The highest BCUT2D eigenvalue weighted by molar-refractivity contribution is 5.00. The Bertz CT molecular complexity index is 149. The van der Waals surface area contributed by atoms with Crippen molar-refractivity contribution in [2.24, 2.45) is 0 Å². The highest BCUT2D eigenvalue weighted by Gasteiger charge is 2.21. The van der Waals surface area contributed by atoms with Crippen molar-refractivity contribution in [1.82, 2.24) is 4.90 Å². The Labute approximate surface area is 68.6 Å². The number of likely N-dealkylation sites (N-methyl/N-ethyl adjacent to an activating group) is 1. The summed E-state index contributed by atoms with van der Waals surface area (Å²) in [7, 11) is 3.58. The van der Waals surface area contributed by atoms with Crippen molar-refractivity contribution in [2.45, 2.75) is 19.4 Å². The van der Waals surface area contributed by atoms with Crippen LogP contribution in [0.2, 0.25) is 0 Å². The Balaban J connectivity index is 3.83. The van der Waals surface area contributed by atoms with E-state index < -0.39 is 5.54 Å². The third kappa shape index (κ3) is 3.35. The number of hydrogen-bond acceptors (Lipinski definition) is 3. The normalized spacial score (nSPS) is 11.6. The maximum Gasteiger partial charge on any atom is 0.103 e. The molecule has 64 valence electrons. The lowest BCUT2D eigenvalue weighted by Gasteiger charge is -2.28. The molecule has 11 heavy (non-hydrogen) atoms. The molecule has 0 amide bonds. The van der Waals surface area contributed by atoms with Crippen molar-refractivity contribution in [3.8, 4) is 6.07 Å². The van der Waals surface area contributed by atoms with Crippen molar-refractivity contribution < 1.29 is 4.74 Å². The van der Waals surface area contributed by atoms with E-state index in [2.05, 4.69) is 6.07 Å². The highest BCUT2D eigenvalue weighted by atomic mass is 16.5. The first-order valence-corrected chi connectivity index (χ1v) is 3.66. The summed E-state index contributed by atoms with van der Waals surface area (Å²) in [5, 5.41) is 8.73. The van der Waals surface area contributed by atoms with Gasteiger partial charge in [-0.3, -0.25) is 4.90 Å². The van der Waals surface area contributed by atoms with Gasteiger partial charge in [-0.25, -0.2) is 0 Å². The second-order valence-electron chi connectivity index (χ2n) is 3.09. The monoisotopic (exact) mass is 156 g/mol. The first kappa shape index (κ1) is 10.4. The van der Waals surface area contributed by atoms with E-state index in [9.17, 15) is 0 Å². The number of hydrogen-bond donors (Lipinski definition) is 0. The number of rotatable bonds is 4. The molecule has 0 radical (unpaired) electrons. The van der Waals surface area contributed by atoms with E-state index in [4.69, 9.17) is 10.00 Å². The molecule has 0 N–H and O–H groups in total. The van der Waals surface area contributed by atoms with Crippen LogP contribution in [0.5, 0.6) is 0 Å². The molecule has 0 rings (SSSR count). The van der Waals surface area contributed by atoms with Gasteiger partial charge in [0.1, 0.15) is 5.54 Å². The van der Waals surface area contributed by atoms with Crippen LogP contribution >= 0.6 is 0 Å². The van der Waals surface area contributed by atoms with Crippen molar-refractivity contribution in [1.29, 1.82) is 5.26 Å². The predicted molar refractivity (Wildman–Crippen MR) is 44.2 cm³/mol. The van der Waals surface area contributed by atoms with Crippen LogP contribution in [0.4, 0.5) is 0 Å². The molecular weight excluding hydrogens is 140 g/mol. The molecule has 0 unspecified atom stereocenters. The van der Waals surface area contributed by atoms with Crippen LogP contribution in [0, 0.1) is 11.3 Å². The van der Waals surface area contributed by atoms with E-state index in [1.165, 1.54) is 0 Å². The molecular formula is C8H16N2O. The molecule has 0 saturated carbocycles. The largest absolute Gasteiger partial charge is 0.383 e. The molecule has 0 spiro atoms. The summed E-state index contributed by atoms with van der Waals surface area (Å²) in [4.78, 5) is 1.97. The Hall–Kier alpha value is -0.590. The van der Waals surface area contributed by atoms with Crippen LogP contribution in [0.15, 0.2) is 0 Å². The molecule has 0 aromatic heterocycles. The molecule has 0 aromatic carbocycles. The number of ether oxygens (including phenoxy) is 1. The minimum absolute atomic E-state index is 0.390. The lowest BCUT2D eigenvalue weighted by molar-refractivity contribution is 0.126. The van der Waals surface area contributed by atoms with Gasteiger partial charge in [-0.1, -0.05) is 0 Å². The van der Waals surface area contributed by atoms with Crippen molar-refractivity contribution in [3.63, 3.8) is 0 Å². The quantitative estimate of drug-likeness (QED) is 0.606.